The van der Waals surface area contributed by atoms with Crippen LogP contribution in [-0.4, -0.2) is 34.3 Å². The molecule has 19 heavy (non-hydrogen) atoms. The van der Waals surface area contributed by atoms with Crippen molar-refractivity contribution in [2.24, 2.45) is 0 Å². The first-order chi connectivity index (χ1) is 8.70. The Bertz CT molecular complexity index is 470. The quantitative estimate of drug-likeness (QED) is 0.768. The molecule has 0 radical (unpaired) electrons. The molecule has 8 heteroatoms. The summed E-state index contributed by atoms with van der Waals surface area (Å²) in [6, 6.07) is 3.54. The number of nitrogens with one attached hydrogen (secondary N) is 1. The molecule has 0 heterocycles. The SMILES string of the molecule is O=C(O)[C@H](Cc1ccc(O)cc1)NC(=O)C(F)(F)F. The van der Waals surface area contributed by atoms with Gasteiger partial charge >= 0.3 is 18.1 Å². The maximum absolute atomic E-state index is 12.0. The van der Waals surface area contributed by atoms with Crippen molar-refractivity contribution in [1.29, 1.82) is 0 Å². The Kier molecular flexibility index (Phi) is 4.36. The average Bonchev–Trinajstić information content (AvgIpc) is 2.29. The van der Waals surface area contributed by atoms with Gasteiger partial charge in [0.25, 0.3) is 0 Å². The van der Waals surface area contributed by atoms with Gasteiger partial charge in [0.15, 0.2) is 0 Å². The summed E-state index contributed by atoms with van der Waals surface area (Å²) in [7, 11) is 0. The number of hydrogen-bond acceptors (Lipinski definition) is 3. The highest BCUT2D eigenvalue weighted by molar-refractivity contribution is 5.87. The standard InChI is InChI=1S/C11H10F3NO4/c12-11(13,14)10(19)15-8(9(17)18)5-6-1-3-7(16)4-2-6/h1-4,8,16H,5H2,(H,15,19)(H,17,18)/t8-/m0/s1. The number of carbonyl (C=O) groups is 2. The van der Waals surface area contributed by atoms with Crippen molar-refractivity contribution in [3.05, 3.63) is 29.8 Å². The van der Waals surface area contributed by atoms with E-state index >= 15 is 0 Å². The average molecular weight is 277 g/mol. The molecule has 1 aromatic carbocycles. The molecule has 0 bridgehead atoms. The van der Waals surface area contributed by atoms with Crippen LogP contribution in [0.4, 0.5) is 13.2 Å². The summed E-state index contributed by atoms with van der Waals surface area (Å²) in [6.45, 7) is 0. The second-order valence-corrected chi connectivity index (χ2v) is 3.73. The fourth-order valence-electron chi connectivity index (χ4n) is 1.31. The van der Waals surface area contributed by atoms with Gasteiger partial charge in [-0.3, -0.25) is 4.79 Å². The maximum Gasteiger partial charge on any atom is 0.471 e. The Morgan fingerprint density at radius 3 is 2.16 bits per heavy atom. The van der Waals surface area contributed by atoms with E-state index in [0.717, 1.165) is 0 Å². The largest absolute Gasteiger partial charge is 0.508 e. The molecule has 1 rings (SSSR count). The second-order valence-electron chi connectivity index (χ2n) is 3.73. The molecular formula is C11H10F3NO4. The molecule has 5 nitrogen and oxygen atoms in total. The second kappa shape index (κ2) is 5.59. The first-order valence-electron chi connectivity index (χ1n) is 5.08. The van der Waals surface area contributed by atoms with Crippen LogP contribution < -0.4 is 5.32 Å². The van der Waals surface area contributed by atoms with Gasteiger partial charge in [0, 0.05) is 6.42 Å². The van der Waals surface area contributed by atoms with Crippen molar-refractivity contribution in [3.8, 4) is 5.75 Å². The first-order valence-corrected chi connectivity index (χ1v) is 5.08. The molecule has 0 aliphatic heterocycles. The number of carboxylic acids is 1. The van der Waals surface area contributed by atoms with Crippen LogP contribution in [0, 0.1) is 0 Å². The van der Waals surface area contributed by atoms with Crippen molar-refractivity contribution in [3.63, 3.8) is 0 Å². The molecule has 0 spiro atoms. The molecule has 0 saturated carbocycles. The summed E-state index contributed by atoms with van der Waals surface area (Å²) < 4.78 is 36.1. The summed E-state index contributed by atoms with van der Waals surface area (Å²) in [4.78, 5) is 21.5. The summed E-state index contributed by atoms with van der Waals surface area (Å²) in [6.07, 6.45) is -5.46. The van der Waals surface area contributed by atoms with Crippen LogP contribution in [-0.2, 0) is 16.0 Å². The number of rotatable bonds is 4. The van der Waals surface area contributed by atoms with E-state index in [-0.39, 0.29) is 12.2 Å². The van der Waals surface area contributed by atoms with Gasteiger partial charge in [-0.05, 0) is 17.7 Å². The van der Waals surface area contributed by atoms with Crippen LogP contribution in [0.25, 0.3) is 0 Å². The number of carbonyl (C=O) groups excluding carboxylic acids is 1. The number of halogens is 3. The Morgan fingerprint density at radius 1 is 1.21 bits per heavy atom. The molecule has 0 unspecified atom stereocenters. The molecule has 0 aliphatic carbocycles. The molecule has 0 fully saturated rings. The molecule has 1 amide bonds. The monoisotopic (exact) mass is 277 g/mol. The third-order valence-electron chi connectivity index (χ3n) is 2.24. The maximum atomic E-state index is 12.0. The number of amides is 1. The highest BCUT2D eigenvalue weighted by Gasteiger charge is 2.40. The van der Waals surface area contributed by atoms with Crippen molar-refractivity contribution in [1.82, 2.24) is 5.32 Å². The zero-order chi connectivity index (χ0) is 14.6. The molecule has 104 valence electrons. The van der Waals surface area contributed by atoms with Crippen LogP contribution >= 0.6 is 0 Å². The number of phenols is 1. The minimum absolute atomic E-state index is 0.0602. The number of aromatic hydroxyl groups is 1. The Morgan fingerprint density at radius 2 is 1.74 bits per heavy atom. The Labute approximate surface area is 105 Å². The van der Waals surface area contributed by atoms with E-state index in [9.17, 15) is 22.8 Å². The third kappa shape index (κ3) is 4.49. The molecule has 0 saturated heterocycles. The smallest absolute Gasteiger partial charge is 0.471 e. The van der Waals surface area contributed by atoms with E-state index in [1.54, 1.807) is 0 Å². The summed E-state index contributed by atoms with van der Waals surface area (Å²) in [5.41, 5.74) is 0.368. The van der Waals surface area contributed by atoms with E-state index in [0.29, 0.717) is 5.56 Å². The molecular weight excluding hydrogens is 267 g/mol. The van der Waals surface area contributed by atoms with E-state index < -0.39 is 24.1 Å². The highest BCUT2D eigenvalue weighted by Crippen LogP contribution is 2.16. The van der Waals surface area contributed by atoms with Crippen LogP contribution in [0.3, 0.4) is 0 Å². The van der Waals surface area contributed by atoms with Crippen LogP contribution in [0.2, 0.25) is 0 Å². The van der Waals surface area contributed by atoms with Gasteiger partial charge in [-0.1, -0.05) is 12.1 Å². The molecule has 1 atom stereocenters. The number of hydrogen-bond donors (Lipinski definition) is 3. The third-order valence-corrected chi connectivity index (χ3v) is 2.24. The fraction of sp³-hybridized carbons (Fsp3) is 0.273. The normalized spacial score (nSPS) is 12.8. The van der Waals surface area contributed by atoms with Crippen molar-refractivity contribution in [2.75, 3.05) is 0 Å². The van der Waals surface area contributed by atoms with Gasteiger partial charge in [0.05, 0.1) is 0 Å². The van der Waals surface area contributed by atoms with Gasteiger partial charge < -0.3 is 15.5 Å². The predicted molar refractivity (Wildman–Crippen MR) is 57.4 cm³/mol. The minimum atomic E-state index is -5.14. The number of phenolic OH excluding ortho intramolecular Hbond substituents is 1. The van der Waals surface area contributed by atoms with E-state index in [4.69, 9.17) is 10.2 Å². The van der Waals surface area contributed by atoms with E-state index in [1.165, 1.54) is 29.6 Å². The van der Waals surface area contributed by atoms with Gasteiger partial charge in [0.2, 0.25) is 0 Å². The zero-order valence-electron chi connectivity index (χ0n) is 9.44. The van der Waals surface area contributed by atoms with Crippen molar-refractivity contribution >= 4 is 11.9 Å². The molecule has 1 aromatic rings. The van der Waals surface area contributed by atoms with Crippen LogP contribution in [0.15, 0.2) is 24.3 Å². The predicted octanol–water partition coefficient (Wildman–Crippen LogP) is 1.07. The molecule has 0 aliphatic rings. The lowest BCUT2D eigenvalue weighted by Crippen LogP contribution is -2.47. The number of carboxylic acid groups (broad SMARTS) is 1. The van der Waals surface area contributed by atoms with Gasteiger partial charge in [-0.15, -0.1) is 0 Å². The summed E-state index contributed by atoms with van der Waals surface area (Å²) in [5.74, 6) is -3.95. The number of aliphatic carboxylic acids is 1. The zero-order valence-corrected chi connectivity index (χ0v) is 9.44. The lowest BCUT2D eigenvalue weighted by atomic mass is 10.1. The van der Waals surface area contributed by atoms with Gasteiger partial charge in [0.1, 0.15) is 11.8 Å². The van der Waals surface area contributed by atoms with Gasteiger partial charge in [-0.2, -0.15) is 13.2 Å². The van der Waals surface area contributed by atoms with E-state index in [1.807, 2.05) is 0 Å². The molecule has 3 N–H and O–H groups in total. The summed E-state index contributed by atoms with van der Waals surface area (Å²) in [5, 5.41) is 19.2. The lowest BCUT2D eigenvalue weighted by Gasteiger charge is -2.15. The van der Waals surface area contributed by atoms with Crippen LogP contribution in [0.5, 0.6) is 5.75 Å². The minimum Gasteiger partial charge on any atom is -0.508 e. The number of alkyl halides is 3. The Hall–Kier alpha value is -2.25. The van der Waals surface area contributed by atoms with Gasteiger partial charge in [-0.25, -0.2) is 4.79 Å². The van der Waals surface area contributed by atoms with Crippen molar-refractivity contribution in [2.45, 2.75) is 18.6 Å². The topological polar surface area (TPSA) is 86.6 Å². The first kappa shape index (κ1) is 14.8. The van der Waals surface area contributed by atoms with Crippen molar-refractivity contribution < 1.29 is 33.0 Å². The highest BCUT2D eigenvalue weighted by atomic mass is 19.4. The lowest BCUT2D eigenvalue weighted by molar-refractivity contribution is -0.175. The summed E-state index contributed by atoms with van der Waals surface area (Å²) >= 11 is 0. The fourth-order valence-corrected chi connectivity index (χ4v) is 1.31. The van der Waals surface area contributed by atoms with Crippen LogP contribution in [0.1, 0.15) is 5.56 Å². The number of benzene rings is 1. The Balaban J connectivity index is 2.77. The molecule has 0 aromatic heterocycles. The van der Waals surface area contributed by atoms with E-state index in [2.05, 4.69) is 0 Å².